The highest BCUT2D eigenvalue weighted by atomic mass is 31.2. The average molecular weight is 455 g/mol. The Morgan fingerprint density at radius 1 is 0.594 bits per heavy atom. The summed E-state index contributed by atoms with van der Waals surface area (Å²) in [5.41, 5.74) is 6.01. The van der Waals surface area contributed by atoms with Crippen molar-refractivity contribution < 1.29 is 9.46 Å². The van der Waals surface area contributed by atoms with Gasteiger partial charge in [-0.2, -0.15) is 0 Å². The SMILES string of the molecule is CC(C)(C)c1cc2c(c(C(C)(C)C)c1)P(=O)(O)c1c(cc(C(C)(C)C)cc1C(C)(C)C)C2. The van der Waals surface area contributed by atoms with Crippen LogP contribution in [0.25, 0.3) is 0 Å². The van der Waals surface area contributed by atoms with E-state index in [-0.39, 0.29) is 21.7 Å². The molecule has 0 amide bonds. The van der Waals surface area contributed by atoms with Crippen LogP contribution in [0.5, 0.6) is 0 Å². The van der Waals surface area contributed by atoms with Crippen LogP contribution < -0.4 is 10.6 Å². The Hall–Kier alpha value is -1.37. The maximum absolute atomic E-state index is 14.5. The van der Waals surface area contributed by atoms with Crippen molar-refractivity contribution in [2.24, 2.45) is 0 Å². The Morgan fingerprint density at radius 3 is 1.16 bits per heavy atom. The van der Waals surface area contributed by atoms with E-state index in [0.29, 0.717) is 17.0 Å². The summed E-state index contributed by atoms with van der Waals surface area (Å²) < 4.78 is 14.5. The predicted octanol–water partition coefficient (Wildman–Crippen LogP) is 7.00. The molecule has 0 radical (unpaired) electrons. The van der Waals surface area contributed by atoms with Gasteiger partial charge in [0.05, 0.1) is 0 Å². The van der Waals surface area contributed by atoms with Gasteiger partial charge in [-0.3, -0.25) is 4.57 Å². The molecule has 0 saturated heterocycles. The lowest BCUT2D eigenvalue weighted by atomic mass is 9.77. The molecular weight excluding hydrogens is 411 g/mol. The minimum atomic E-state index is -3.78. The largest absolute Gasteiger partial charge is 0.338 e. The molecule has 0 saturated carbocycles. The standard InChI is InChI=1S/C29H43O2P/c1-26(2,3)20-14-18-13-19-15-21(27(4,5)6)17-23(29(10,11)12)25(19)32(30,31)24(18)22(16-20)28(7,8)9/h14-17H,13H2,1-12H3,(H,30,31). The van der Waals surface area contributed by atoms with E-state index >= 15 is 0 Å². The highest BCUT2D eigenvalue weighted by Crippen LogP contribution is 2.51. The Bertz CT molecular complexity index is 1020. The zero-order valence-corrected chi connectivity index (χ0v) is 23.2. The summed E-state index contributed by atoms with van der Waals surface area (Å²) in [5.74, 6) is 0. The van der Waals surface area contributed by atoms with Crippen LogP contribution in [0.15, 0.2) is 24.3 Å². The molecule has 1 N–H and O–H groups in total. The predicted molar refractivity (Wildman–Crippen MR) is 140 cm³/mol. The molecular formula is C29H43O2P. The fourth-order valence-electron chi connectivity index (χ4n) is 4.70. The van der Waals surface area contributed by atoms with Crippen LogP contribution in [0.1, 0.15) is 116 Å². The zero-order chi connectivity index (χ0) is 24.7. The molecule has 0 atom stereocenters. The van der Waals surface area contributed by atoms with E-state index in [2.05, 4.69) is 107 Å². The van der Waals surface area contributed by atoms with Gasteiger partial charge in [0.2, 0.25) is 0 Å². The van der Waals surface area contributed by atoms with Crippen LogP contribution in [0.2, 0.25) is 0 Å². The monoisotopic (exact) mass is 454 g/mol. The molecule has 1 heterocycles. The van der Waals surface area contributed by atoms with E-state index in [0.717, 1.165) is 22.3 Å². The molecule has 2 aromatic carbocycles. The van der Waals surface area contributed by atoms with Crippen LogP contribution in [0, 0.1) is 0 Å². The van der Waals surface area contributed by atoms with Crippen molar-refractivity contribution in [1.29, 1.82) is 0 Å². The molecule has 2 aromatic rings. The average Bonchev–Trinajstić information content (AvgIpc) is 2.56. The molecule has 0 fully saturated rings. The van der Waals surface area contributed by atoms with Gasteiger partial charge in [-0.05, 0) is 61.5 Å². The van der Waals surface area contributed by atoms with Gasteiger partial charge >= 0.3 is 0 Å². The first-order valence-electron chi connectivity index (χ1n) is 11.8. The first-order chi connectivity index (χ1) is 14.1. The van der Waals surface area contributed by atoms with E-state index in [1.54, 1.807) is 0 Å². The summed E-state index contributed by atoms with van der Waals surface area (Å²) in [7, 11) is -3.78. The molecule has 0 aliphatic carbocycles. The van der Waals surface area contributed by atoms with Crippen LogP contribution >= 0.6 is 7.37 Å². The lowest BCUT2D eigenvalue weighted by Crippen LogP contribution is -2.39. The Kier molecular flexibility index (Phi) is 5.77. The third-order valence-electron chi connectivity index (χ3n) is 6.71. The van der Waals surface area contributed by atoms with Crippen LogP contribution in [-0.4, -0.2) is 4.89 Å². The number of hydrogen-bond acceptors (Lipinski definition) is 1. The lowest BCUT2D eigenvalue weighted by molar-refractivity contribution is 0.494. The molecule has 2 nitrogen and oxygen atoms in total. The van der Waals surface area contributed by atoms with Crippen LogP contribution in [0.4, 0.5) is 0 Å². The van der Waals surface area contributed by atoms with E-state index in [1.807, 2.05) is 0 Å². The highest BCUT2D eigenvalue weighted by molar-refractivity contribution is 7.74. The van der Waals surface area contributed by atoms with Crippen LogP contribution in [-0.2, 0) is 32.6 Å². The summed E-state index contributed by atoms with van der Waals surface area (Å²) in [4.78, 5) is 11.9. The molecule has 3 rings (SSSR count). The van der Waals surface area contributed by atoms with Gasteiger partial charge in [-0.25, -0.2) is 0 Å². The van der Waals surface area contributed by atoms with Gasteiger partial charge in [0, 0.05) is 10.6 Å². The van der Waals surface area contributed by atoms with Crippen molar-refractivity contribution >= 4 is 18.0 Å². The second kappa shape index (κ2) is 7.31. The molecule has 1 aliphatic heterocycles. The van der Waals surface area contributed by atoms with E-state index in [4.69, 9.17) is 0 Å². The smallest absolute Gasteiger partial charge is 0.259 e. The molecule has 0 spiro atoms. The molecule has 3 heteroatoms. The topological polar surface area (TPSA) is 37.3 Å². The van der Waals surface area contributed by atoms with Gasteiger partial charge in [0.25, 0.3) is 7.37 Å². The van der Waals surface area contributed by atoms with Crippen molar-refractivity contribution in [3.63, 3.8) is 0 Å². The Balaban J connectivity index is 2.47. The number of fused-ring (bicyclic) bond motifs is 2. The van der Waals surface area contributed by atoms with Crippen molar-refractivity contribution in [3.8, 4) is 0 Å². The third kappa shape index (κ3) is 4.38. The zero-order valence-electron chi connectivity index (χ0n) is 22.3. The number of benzene rings is 2. The summed E-state index contributed by atoms with van der Waals surface area (Å²) >= 11 is 0. The van der Waals surface area contributed by atoms with Crippen molar-refractivity contribution in [2.75, 3.05) is 0 Å². The molecule has 0 unspecified atom stereocenters. The van der Waals surface area contributed by atoms with Crippen LogP contribution in [0.3, 0.4) is 0 Å². The molecule has 1 aliphatic rings. The molecule has 0 aromatic heterocycles. The summed E-state index contributed by atoms with van der Waals surface area (Å²) in [6, 6.07) is 8.76. The minimum Gasteiger partial charge on any atom is -0.338 e. The summed E-state index contributed by atoms with van der Waals surface area (Å²) in [5, 5.41) is 1.36. The quantitative estimate of drug-likeness (QED) is 0.435. The van der Waals surface area contributed by atoms with E-state index in [9.17, 15) is 9.46 Å². The second-order valence-electron chi connectivity index (χ2n) is 13.8. The fraction of sp³-hybridized carbons (Fsp3) is 0.586. The molecule has 32 heavy (non-hydrogen) atoms. The van der Waals surface area contributed by atoms with E-state index < -0.39 is 7.37 Å². The lowest BCUT2D eigenvalue weighted by Gasteiger charge is -2.37. The third-order valence-corrected chi connectivity index (χ3v) is 8.98. The normalized spacial score (nSPS) is 16.5. The second-order valence-corrected chi connectivity index (χ2v) is 15.9. The van der Waals surface area contributed by atoms with Gasteiger partial charge < -0.3 is 4.89 Å². The number of rotatable bonds is 0. The summed E-state index contributed by atoms with van der Waals surface area (Å²) in [6.45, 7) is 26.2. The van der Waals surface area contributed by atoms with Gasteiger partial charge in [-0.1, -0.05) is 107 Å². The first kappa shape index (κ1) is 25.3. The Labute approximate surface area is 196 Å². The number of hydrogen-bond donors (Lipinski definition) is 1. The summed E-state index contributed by atoms with van der Waals surface area (Å²) in [6.07, 6.45) is 0.704. The highest BCUT2D eigenvalue weighted by Gasteiger charge is 2.43. The van der Waals surface area contributed by atoms with Crippen molar-refractivity contribution in [3.05, 3.63) is 57.6 Å². The van der Waals surface area contributed by atoms with Crippen molar-refractivity contribution in [2.45, 2.75) is 111 Å². The Morgan fingerprint density at radius 2 is 0.906 bits per heavy atom. The van der Waals surface area contributed by atoms with Gasteiger partial charge in [0.1, 0.15) is 0 Å². The van der Waals surface area contributed by atoms with Crippen molar-refractivity contribution in [1.82, 2.24) is 0 Å². The maximum Gasteiger partial charge on any atom is 0.259 e. The maximum atomic E-state index is 14.5. The minimum absolute atomic E-state index is 0.0292. The first-order valence-corrected chi connectivity index (χ1v) is 13.5. The van der Waals surface area contributed by atoms with Gasteiger partial charge in [-0.15, -0.1) is 0 Å². The molecule has 176 valence electrons. The van der Waals surface area contributed by atoms with Gasteiger partial charge in [0.15, 0.2) is 0 Å². The molecule has 0 bridgehead atoms. The fourth-order valence-corrected chi connectivity index (χ4v) is 7.44. The van der Waals surface area contributed by atoms with E-state index in [1.165, 1.54) is 11.1 Å².